The number of carbonyl (C=O) groups is 1. The van der Waals surface area contributed by atoms with Crippen LogP contribution in [-0.2, 0) is 0 Å². The minimum absolute atomic E-state index is 0.232. The van der Waals surface area contributed by atoms with E-state index in [1.807, 2.05) is 12.1 Å². The van der Waals surface area contributed by atoms with Crippen molar-refractivity contribution in [1.29, 1.82) is 0 Å². The molecule has 0 spiro atoms. The number of fused-ring (bicyclic) bond motifs is 3. The molecular weight excluding hydrogens is 424 g/mol. The standard InChI is InChI=1S/C22H24N8O3/c23-20(31)16-8-25-22(28-21(16)26-13-1-2-13)27-14-3-4-17-18(7-14)32-11-15-10-29(5-6-30(15)17)19-9-24-12-33-19/h3-4,7-9,12-13,15H,1-2,5-6,10-11H2,(H2,23,31)(H2,25,26,27,28). The fourth-order valence-corrected chi connectivity index (χ4v) is 4.29. The van der Waals surface area contributed by atoms with Crippen LogP contribution in [0.3, 0.4) is 0 Å². The van der Waals surface area contributed by atoms with Crippen LogP contribution < -0.4 is 30.9 Å². The third-order valence-corrected chi connectivity index (χ3v) is 6.14. The summed E-state index contributed by atoms with van der Waals surface area (Å²) in [5, 5.41) is 6.46. The monoisotopic (exact) mass is 448 g/mol. The summed E-state index contributed by atoms with van der Waals surface area (Å²) in [7, 11) is 0. The maximum absolute atomic E-state index is 11.7. The highest BCUT2D eigenvalue weighted by molar-refractivity contribution is 5.97. The summed E-state index contributed by atoms with van der Waals surface area (Å²) in [4.78, 5) is 29.0. The normalized spacial score (nSPS) is 19.3. The first kappa shape index (κ1) is 19.6. The van der Waals surface area contributed by atoms with Gasteiger partial charge in [0.1, 0.15) is 18.2 Å². The Morgan fingerprint density at radius 3 is 2.91 bits per heavy atom. The molecule has 4 N–H and O–H groups in total. The van der Waals surface area contributed by atoms with Gasteiger partial charge in [0.2, 0.25) is 11.8 Å². The van der Waals surface area contributed by atoms with Gasteiger partial charge >= 0.3 is 0 Å². The topological polar surface area (TPSA) is 135 Å². The van der Waals surface area contributed by atoms with Crippen LogP contribution in [0.15, 0.2) is 41.4 Å². The number of primary amides is 1. The van der Waals surface area contributed by atoms with Crippen molar-refractivity contribution < 1.29 is 13.9 Å². The van der Waals surface area contributed by atoms with Crippen molar-refractivity contribution in [3.05, 3.63) is 42.5 Å². The molecule has 11 heteroatoms. The first-order valence-electron chi connectivity index (χ1n) is 11.0. The molecule has 1 saturated carbocycles. The molecule has 33 heavy (non-hydrogen) atoms. The number of carbonyl (C=O) groups excluding carboxylic acids is 1. The van der Waals surface area contributed by atoms with Crippen molar-refractivity contribution in [2.45, 2.75) is 24.9 Å². The number of ether oxygens (including phenoxy) is 1. The molecule has 170 valence electrons. The third-order valence-electron chi connectivity index (χ3n) is 6.14. The number of nitrogens with one attached hydrogen (secondary N) is 2. The van der Waals surface area contributed by atoms with E-state index < -0.39 is 5.91 Å². The molecule has 3 aliphatic rings. The molecule has 1 amide bonds. The summed E-state index contributed by atoms with van der Waals surface area (Å²) in [6.07, 6.45) is 6.77. The first-order chi connectivity index (χ1) is 16.1. The number of benzene rings is 1. The van der Waals surface area contributed by atoms with Gasteiger partial charge in [-0.1, -0.05) is 0 Å². The predicted molar refractivity (Wildman–Crippen MR) is 122 cm³/mol. The Bertz CT molecular complexity index is 1180. The van der Waals surface area contributed by atoms with E-state index in [9.17, 15) is 4.79 Å². The van der Waals surface area contributed by atoms with Crippen molar-refractivity contribution in [3.63, 3.8) is 0 Å². The highest BCUT2D eigenvalue weighted by Gasteiger charge is 2.34. The molecule has 2 aliphatic heterocycles. The minimum Gasteiger partial charge on any atom is -0.489 e. The number of piperazine rings is 1. The van der Waals surface area contributed by atoms with Gasteiger partial charge in [-0.2, -0.15) is 4.98 Å². The lowest BCUT2D eigenvalue weighted by Gasteiger charge is -2.45. The molecule has 1 unspecified atom stereocenters. The molecule has 2 fully saturated rings. The number of nitrogens with two attached hydrogens (primary N) is 1. The van der Waals surface area contributed by atoms with Crippen LogP contribution in [0.4, 0.5) is 29.0 Å². The highest BCUT2D eigenvalue weighted by Crippen LogP contribution is 2.38. The van der Waals surface area contributed by atoms with Crippen LogP contribution in [0, 0.1) is 0 Å². The van der Waals surface area contributed by atoms with E-state index in [0.717, 1.165) is 55.5 Å². The van der Waals surface area contributed by atoms with E-state index in [4.69, 9.17) is 14.9 Å². The maximum Gasteiger partial charge on any atom is 0.254 e. The molecule has 1 aromatic carbocycles. The average Bonchev–Trinajstić information content (AvgIpc) is 3.46. The Hall–Kier alpha value is -4.02. The Morgan fingerprint density at radius 2 is 2.12 bits per heavy atom. The molecule has 2 aromatic heterocycles. The van der Waals surface area contributed by atoms with Gasteiger partial charge in [0, 0.05) is 43.6 Å². The van der Waals surface area contributed by atoms with Gasteiger partial charge in [0.15, 0.2) is 6.39 Å². The lowest BCUT2D eigenvalue weighted by molar-refractivity contribution is 0.100. The summed E-state index contributed by atoms with van der Waals surface area (Å²) >= 11 is 0. The van der Waals surface area contributed by atoms with E-state index in [0.29, 0.717) is 24.4 Å². The molecule has 3 aromatic rings. The predicted octanol–water partition coefficient (Wildman–Crippen LogP) is 1.97. The first-order valence-corrected chi connectivity index (χ1v) is 11.0. The van der Waals surface area contributed by atoms with Crippen LogP contribution >= 0.6 is 0 Å². The van der Waals surface area contributed by atoms with Crippen molar-refractivity contribution in [2.24, 2.45) is 5.73 Å². The van der Waals surface area contributed by atoms with Crippen molar-refractivity contribution >= 4 is 34.9 Å². The van der Waals surface area contributed by atoms with Crippen LogP contribution in [0.1, 0.15) is 23.2 Å². The lowest BCUT2D eigenvalue weighted by atomic mass is 10.1. The smallest absolute Gasteiger partial charge is 0.254 e. The van der Waals surface area contributed by atoms with Crippen molar-refractivity contribution in [2.75, 3.05) is 46.7 Å². The molecular formula is C22H24N8O3. The van der Waals surface area contributed by atoms with Gasteiger partial charge in [0.05, 0.1) is 23.5 Å². The van der Waals surface area contributed by atoms with Gasteiger partial charge in [-0.3, -0.25) is 4.79 Å². The lowest BCUT2D eigenvalue weighted by Crippen LogP contribution is -2.57. The van der Waals surface area contributed by atoms with Gasteiger partial charge in [-0.05, 0) is 25.0 Å². The number of oxazole rings is 1. The van der Waals surface area contributed by atoms with Gasteiger partial charge in [-0.15, -0.1) is 0 Å². The molecule has 11 nitrogen and oxygen atoms in total. The fourth-order valence-electron chi connectivity index (χ4n) is 4.29. The number of rotatable bonds is 6. The average molecular weight is 448 g/mol. The van der Waals surface area contributed by atoms with Crippen LogP contribution in [-0.4, -0.2) is 59.2 Å². The zero-order valence-corrected chi connectivity index (χ0v) is 17.9. The largest absolute Gasteiger partial charge is 0.489 e. The number of aromatic nitrogens is 3. The summed E-state index contributed by atoms with van der Waals surface area (Å²) in [5.74, 6) is 1.90. The van der Waals surface area contributed by atoms with E-state index in [1.165, 1.54) is 12.6 Å². The molecule has 1 saturated heterocycles. The number of anilines is 5. The minimum atomic E-state index is -0.551. The molecule has 1 atom stereocenters. The fraction of sp³-hybridized carbons (Fsp3) is 0.364. The third kappa shape index (κ3) is 3.86. The van der Waals surface area contributed by atoms with E-state index >= 15 is 0 Å². The summed E-state index contributed by atoms with van der Waals surface area (Å²) < 4.78 is 11.6. The van der Waals surface area contributed by atoms with E-state index in [2.05, 4.69) is 41.5 Å². The summed E-state index contributed by atoms with van der Waals surface area (Å²) in [5.41, 5.74) is 7.62. The van der Waals surface area contributed by atoms with Gasteiger partial charge < -0.3 is 35.3 Å². The number of amides is 1. The summed E-state index contributed by atoms with van der Waals surface area (Å²) in [6, 6.07) is 6.55. The molecule has 0 bridgehead atoms. The Kier molecular flexibility index (Phi) is 4.67. The van der Waals surface area contributed by atoms with Crippen molar-refractivity contribution in [1.82, 2.24) is 15.0 Å². The second-order valence-corrected chi connectivity index (χ2v) is 8.49. The Balaban J connectivity index is 1.19. The van der Waals surface area contributed by atoms with Crippen molar-refractivity contribution in [3.8, 4) is 5.75 Å². The number of nitrogens with zero attached hydrogens (tertiary/aromatic N) is 5. The molecule has 6 rings (SSSR count). The molecule has 1 aliphatic carbocycles. The van der Waals surface area contributed by atoms with Gasteiger partial charge in [-0.25, -0.2) is 9.97 Å². The maximum atomic E-state index is 11.7. The second-order valence-electron chi connectivity index (χ2n) is 8.49. The zero-order valence-electron chi connectivity index (χ0n) is 17.9. The quantitative estimate of drug-likeness (QED) is 0.514. The molecule has 4 heterocycles. The SMILES string of the molecule is NC(=O)c1cnc(Nc2ccc3c(c2)OCC2CN(c4cnco4)CCN32)nc1NC1CC1. The number of hydrogen-bond donors (Lipinski definition) is 3. The van der Waals surface area contributed by atoms with E-state index in [1.54, 1.807) is 6.20 Å². The number of hydrogen-bond acceptors (Lipinski definition) is 10. The van der Waals surface area contributed by atoms with Crippen LogP contribution in [0.25, 0.3) is 0 Å². The van der Waals surface area contributed by atoms with Crippen LogP contribution in [0.2, 0.25) is 0 Å². The Labute approximate surface area is 190 Å². The van der Waals surface area contributed by atoms with Gasteiger partial charge in [0.25, 0.3) is 5.91 Å². The highest BCUT2D eigenvalue weighted by atomic mass is 16.5. The van der Waals surface area contributed by atoms with Crippen LogP contribution in [0.5, 0.6) is 5.75 Å². The second kappa shape index (κ2) is 7.84. The summed E-state index contributed by atoms with van der Waals surface area (Å²) in [6.45, 7) is 3.11. The Morgan fingerprint density at radius 1 is 1.21 bits per heavy atom. The molecule has 0 radical (unpaired) electrons. The zero-order chi connectivity index (χ0) is 22.4. The van der Waals surface area contributed by atoms with E-state index in [-0.39, 0.29) is 11.6 Å².